The number of aliphatic hydroxyl groups is 1. The van der Waals surface area contributed by atoms with Gasteiger partial charge in [-0.15, -0.1) is 11.3 Å². The van der Waals surface area contributed by atoms with Crippen LogP contribution in [0.2, 0.25) is 5.02 Å². The van der Waals surface area contributed by atoms with Crippen LogP contribution < -0.4 is 15.4 Å². The average molecular weight is 600 g/mol. The summed E-state index contributed by atoms with van der Waals surface area (Å²) in [5, 5.41) is 20.2. The second-order valence-corrected chi connectivity index (χ2v) is 10.9. The monoisotopic (exact) mass is 599 g/mol. The number of hydrogen-bond donors (Lipinski definition) is 3. The normalized spacial score (nSPS) is 14.4. The Labute approximate surface area is 243 Å². The second-order valence-electron chi connectivity index (χ2n) is 9.40. The highest BCUT2D eigenvalue weighted by Crippen LogP contribution is 2.37. The predicted molar refractivity (Wildman–Crippen MR) is 152 cm³/mol. The Hall–Kier alpha value is -4.07. The Kier molecular flexibility index (Phi) is 8.20. The predicted octanol–water partition coefficient (Wildman–Crippen LogP) is 3.72. The number of halogens is 2. The second kappa shape index (κ2) is 11.8. The largest absolute Gasteiger partial charge is 0.497 e. The number of methoxy groups -OCH3 is 1. The fourth-order valence-corrected chi connectivity index (χ4v) is 5.94. The summed E-state index contributed by atoms with van der Waals surface area (Å²) >= 11 is 7.86. The Balaban J connectivity index is 1.33. The van der Waals surface area contributed by atoms with Crippen molar-refractivity contribution in [2.75, 3.05) is 25.6 Å². The first-order chi connectivity index (χ1) is 19.7. The number of aromatic nitrogens is 4. The molecule has 4 aromatic rings. The van der Waals surface area contributed by atoms with Crippen molar-refractivity contribution >= 4 is 46.5 Å². The SMILES string of the molecule is COc1cc(F)cc([C@@H](CO)NC(=O)[C@@H](C)N2CCc3sc(-c4nc(Nc5ccnn5C)ncc4Cl)cc3C2=O)c1. The molecular formula is C27H27ClFN7O4S. The zero-order valence-corrected chi connectivity index (χ0v) is 24.0. The van der Waals surface area contributed by atoms with Gasteiger partial charge in [0.15, 0.2) is 0 Å². The van der Waals surface area contributed by atoms with Gasteiger partial charge in [-0.1, -0.05) is 11.6 Å². The molecule has 3 N–H and O–H groups in total. The van der Waals surface area contributed by atoms with E-state index in [1.54, 1.807) is 37.0 Å². The van der Waals surface area contributed by atoms with E-state index in [9.17, 15) is 19.1 Å². The quantitative estimate of drug-likeness (QED) is 0.265. The van der Waals surface area contributed by atoms with E-state index in [0.717, 1.165) is 4.88 Å². The van der Waals surface area contributed by atoms with E-state index in [4.69, 9.17) is 16.3 Å². The fraction of sp³-hybridized carbons (Fsp3) is 0.296. The number of benzene rings is 1. The van der Waals surface area contributed by atoms with Crippen molar-refractivity contribution < 1.29 is 23.8 Å². The third kappa shape index (κ3) is 5.87. The summed E-state index contributed by atoms with van der Waals surface area (Å²) in [5.41, 5.74) is 1.30. The van der Waals surface area contributed by atoms with Crippen LogP contribution >= 0.6 is 22.9 Å². The number of carbonyl (C=O) groups excluding carboxylic acids is 2. The highest BCUT2D eigenvalue weighted by atomic mass is 35.5. The Morgan fingerprint density at radius 2 is 2.12 bits per heavy atom. The molecule has 0 radical (unpaired) electrons. The zero-order chi connectivity index (χ0) is 29.3. The van der Waals surface area contributed by atoms with Gasteiger partial charge in [0, 0.05) is 37.0 Å². The van der Waals surface area contributed by atoms with Crippen molar-refractivity contribution in [1.29, 1.82) is 0 Å². The van der Waals surface area contributed by atoms with Crippen LogP contribution in [0.1, 0.15) is 33.8 Å². The Bertz CT molecular complexity index is 1610. The first-order valence-electron chi connectivity index (χ1n) is 12.7. The van der Waals surface area contributed by atoms with Gasteiger partial charge in [-0.3, -0.25) is 14.3 Å². The summed E-state index contributed by atoms with van der Waals surface area (Å²) in [6.07, 6.45) is 3.68. The van der Waals surface area contributed by atoms with Gasteiger partial charge in [-0.05, 0) is 30.7 Å². The molecule has 1 aromatic carbocycles. The lowest BCUT2D eigenvalue weighted by atomic mass is 10.0. The minimum Gasteiger partial charge on any atom is -0.497 e. The van der Waals surface area contributed by atoms with E-state index in [0.29, 0.717) is 51.5 Å². The van der Waals surface area contributed by atoms with Crippen LogP contribution in [0.5, 0.6) is 5.75 Å². The number of fused-ring (bicyclic) bond motifs is 1. The Morgan fingerprint density at radius 1 is 1.32 bits per heavy atom. The lowest BCUT2D eigenvalue weighted by molar-refractivity contribution is -0.126. The minimum absolute atomic E-state index is 0.261. The molecule has 41 heavy (non-hydrogen) atoms. The highest BCUT2D eigenvalue weighted by Gasteiger charge is 2.34. The standard InChI is InChI=1S/C27H27ClFN7O4S/c1-14(25(38)32-20(13-37)15-8-16(29)10-17(9-15)40-3)36-7-5-21-18(26(36)39)11-22(41-21)24-19(28)12-30-27(34-24)33-23-4-6-31-35(23)2/h4,6,8-12,14,20,37H,5,7,13H2,1-3H3,(H,32,38)(H,30,33,34)/t14-,20-/m1/s1. The maximum atomic E-state index is 14.0. The van der Waals surface area contributed by atoms with Crippen LogP contribution in [0.3, 0.4) is 0 Å². The summed E-state index contributed by atoms with van der Waals surface area (Å²) in [4.78, 5) is 38.5. The number of aliphatic hydroxyl groups excluding tert-OH is 1. The summed E-state index contributed by atoms with van der Waals surface area (Å²) in [5.74, 6) is -0.0620. The van der Waals surface area contributed by atoms with Gasteiger partial charge in [0.1, 0.15) is 29.1 Å². The van der Waals surface area contributed by atoms with Crippen molar-refractivity contribution in [3.8, 4) is 16.3 Å². The number of thiophene rings is 1. The van der Waals surface area contributed by atoms with Crippen molar-refractivity contribution in [3.05, 3.63) is 69.6 Å². The van der Waals surface area contributed by atoms with Gasteiger partial charge >= 0.3 is 0 Å². The number of aryl methyl sites for hydroxylation is 1. The van der Waals surface area contributed by atoms with E-state index < -0.39 is 30.4 Å². The van der Waals surface area contributed by atoms with Gasteiger partial charge in [0.2, 0.25) is 11.9 Å². The molecule has 0 bridgehead atoms. The molecule has 214 valence electrons. The molecular weight excluding hydrogens is 573 g/mol. The number of rotatable bonds is 9. The molecule has 2 amide bonds. The van der Waals surface area contributed by atoms with E-state index in [2.05, 4.69) is 25.7 Å². The van der Waals surface area contributed by atoms with Crippen molar-refractivity contribution in [1.82, 2.24) is 30.0 Å². The number of hydrogen-bond acceptors (Lipinski definition) is 9. The third-order valence-corrected chi connectivity index (χ3v) is 8.27. The van der Waals surface area contributed by atoms with Crippen LogP contribution in [0.25, 0.3) is 10.6 Å². The van der Waals surface area contributed by atoms with Crippen molar-refractivity contribution in [3.63, 3.8) is 0 Å². The molecule has 4 heterocycles. The molecule has 0 spiro atoms. The van der Waals surface area contributed by atoms with Crippen LogP contribution in [0.4, 0.5) is 16.2 Å². The first kappa shape index (κ1) is 28.5. The number of amides is 2. The van der Waals surface area contributed by atoms with E-state index in [-0.39, 0.29) is 11.7 Å². The molecule has 0 aliphatic carbocycles. The molecule has 2 atom stereocenters. The molecule has 0 fully saturated rings. The van der Waals surface area contributed by atoms with Gasteiger partial charge in [0.05, 0.1) is 47.6 Å². The van der Waals surface area contributed by atoms with E-state index in [1.807, 2.05) is 0 Å². The fourth-order valence-electron chi connectivity index (χ4n) is 4.54. The van der Waals surface area contributed by atoms with Gasteiger partial charge in [0.25, 0.3) is 5.91 Å². The van der Waals surface area contributed by atoms with Crippen molar-refractivity contribution in [2.45, 2.75) is 25.4 Å². The van der Waals surface area contributed by atoms with Crippen LogP contribution in [-0.4, -0.2) is 67.9 Å². The third-order valence-electron chi connectivity index (χ3n) is 6.80. The van der Waals surface area contributed by atoms with E-state index in [1.165, 1.54) is 47.7 Å². The molecule has 11 nitrogen and oxygen atoms in total. The summed E-state index contributed by atoms with van der Waals surface area (Å²) in [6, 6.07) is 5.74. The van der Waals surface area contributed by atoms with Gasteiger partial charge in [-0.25, -0.2) is 14.4 Å². The lowest BCUT2D eigenvalue weighted by Gasteiger charge is -2.32. The summed E-state index contributed by atoms with van der Waals surface area (Å²) < 4.78 is 20.7. The summed E-state index contributed by atoms with van der Waals surface area (Å²) in [6.45, 7) is 1.47. The maximum Gasteiger partial charge on any atom is 0.255 e. The molecule has 0 unspecified atom stereocenters. The number of nitrogens with zero attached hydrogens (tertiary/aromatic N) is 5. The number of nitrogens with one attached hydrogen (secondary N) is 2. The van der Waals surface area contributed by atoms with Crippen molar-refractivity contribution in [2.24, 2.45) is 7.05 Å². The minimum atomic E-state index is -0.883. The molecule has 0 saturated carbocycles. The van der Waals surface area contributed by atoms with Gasteiger partial charge < -0.3 is 25.4 Å². The first-order valence-corrected chi connectivity index (χ1v) is 13.8. The molecule has 3 aromatic heterocycles. The average Bonchev–Trinajstić information content (AvgIpc) is 3.58. The molecule has 1 aliphatic heterocycles. The summed E-state index contributed by atoms with van der Waals surface area (Å²) in [7, 11) is 3.18. The molecule has 1 aliphatic rings. The Morgan fingerprint density at radius 3 is 2.83 bits per heavy atom. The molecule has 14 heteroatoms. The highest BCUT2D eigenvalue weighted by molar-refractivity contribution is 7.16. The lowest BCUT2D eigenvalue weighted by Crippen LogP contribution is -2.51. The van der Waals surface area contributed by atoms with E-state index >= 15 is 0 Å². The number of carbonyl (C=O) groups is 2. The number of anilines is 2. The number of ether oxygens (including phenoxy) is 1. The maximum absolute atomic E-state index is 14.0. The van der Waals surface area contributed by atoms with Crippen LogP contribution in [-0.2, 0) is 18.3 Å². The molecule has 5 rings (SSSR count). The topological polar surface area (TPSA) is 134 Å². The van der Waals surface area contributed by atoms with Crippen LogP contribution in [0, 0.1) is 5.82 Å². The van der Waals surface area contributed by atoms with Crippen LogP contribution in [0.15, 0.2) is 42.7 Å². The molecule has 0 saturated heterocycles. The smallest absolute Gasteiger partial charge is 0.255 e. The van der Waals surface area contributed by atoms with Gasteiger partial charge in [-0.2, -0.15) is 5.10 Å². The zero-order valence-electron chi connectivity index (χ0n) is 22.4.